The molecule has 4 rings (SSSR count). The predicted octanol–water partition coefficient (Wildman–Crippen LogP) is 2.88. The zero-order valence-electron chi connectivity index (χ0n) is 18.4. The summed E-state index contributed by atoms with van der Waals surface area (Å²) in [6.07, 6.45) is 3.71. The Labute approximate surface area is 182 Å². The molecule has 3 unspecified atom stereocenters. The number of benzene rings is 1. The SMILES string of the molecule is CC(=O)O[C@@H]1CC2C3CCc4cc(OC(=O)CN)ccc4C3CC[C@]2(C)[C@H]1OC(C)=O. The van der Waals surface area contributed by atoms with Gasteiger partial charge in [0.1, 0.15) is 18.0 Å². The van der Waals surface area contributed by atoms with Gasteiger partial charge in [0.05, 0.1) is 6.54 Å². The molecule has 1 aromatic carbocycles. The molecule has 2 saturated carbocycles. The van der Waals surface area contributed by atoms with Crippen molar-refractivity contribution in [3.05, 3.63) is 29.3 Å². The van der Waals surface area contributed by atoms with Crippen molar-refractivity contribution < 1.29 is 28.6 Å². The van der Waals surface area contributed by atoms with Crippen LogP contribution in [0.5, 0.6) is 5.75 Å². The van der Waals surface area contributed by atoms with Gasteiger partial charge in [-0.2, -0.15) is 0 Å². The van der Waals surface area contributed by atoms with Gasteiger partial charge in [-0.25, -0.2) is 0 Å². The number of hydrogen-bond donors (Lipinski definition) is 1. The monoisotopic (exact) mass is 429 g/mol. The summed E-state index contributed by atoms with van der Waals surface area (Å²) in [7, 11) is 0. The summed E-state index contributed by atoms with van der Waals surface area (Å²) in [4.78, 5) is 35.1. The van der Waals surface area contributed by atoms with Crippen LogP contribution >= 0.6 is 0 Å². The van der Waals surface area contributed by atoms with E-state index in [-0.39, 0.29) is 23.9 Å². The van der Waals surface area contributed by atoms with Crippen LogP contribution in [-0.2, 0) is 30.3 Å². The number of carbonyl (C=O) groups excluding carboxylic acids is 3. The lowest BCUT2D eigenvalue weighted by molar-refractivity contribution is -0.171. The fourth-order valence-electron chi connectivity index (χ4n) is 6.45. The molecule has 3 aliphatic rings. The summed E-state index contributed by atoms with van der Waals surface area (Å²) in [5, 5.41) is 0. The van der Waals surface area contributed by atoms with Crippen molar-refractivity contribution >= 4 is 17.9 Å². The summed E-state index contributed by atoms with van der Waals surface area (Å²) in [5.74, 6) is 0.564. The van der Waals surface area contributed by atoms with Crippen LogP contribution in [0.15, 0.2) is 18.2 Å². The molecule has 0 aromatic heterocycles. The number of fused-ring (bicyclic) bond motifs is 5. The first-order chi connectivity index (χ1) is 14.7. The van der Waals surface area contributed by atoms with Crippen molar-refractivity contribution in [1.82, 2.24) is 0 Å². The average Bonchev–Trinajstić information content (AvgIpc) is 2.98. The minimum atomic E-state index is -0.443. The third-order valence-electron chi connectivity index (χ3n) is 7.62. The van der Waals surface area contributed by atoms with E-state index >= 15 is 0 Å². The molecule has 7 nitrogen and oxygen atoms in total. The number of ether oxygens (including phenoxy) is 3. The van der Waals surface area contributed by atoms with E-state index in [4.69, 9.17) is 19.9 Å². The molecule has 6 atom stereocenters. The summed E-state index contributed by atoms with van der Waals surface area (Å²) in [6.45, 7) is 4.87. The molecule has 2 N–H and O–H groups in total. The first-order valence-electron chi connectivity index (χ1n) is 11.1. The summed E-state index contributed by atoms with van der Waals surface area (Å²) in [6, 6.07) is 5.89. The third-order valence-corrected chi connectivity index (χ3v) is 7.62. The highest BCUT2D eigenvalue weighted by molar-refractivity contribution is 5.74. The standard InChI is InChI=1S/C24H31NO6/c1-13(26)29-21-11-20-19-6-4-15-10-16(31-22(28)12-25)5-7-17(15)18(19)8-9-24(20,3)23(21)30-14(2)27/h5,7,10,18-21,23H,4,6,8-9,11-12,25H2,1-3H3/t18?,19?,20?,21-,23+,24+/m1/s1. The molecule has 7 heteroatoms. The zero-order chi connectivity index (χ0) is 22.3. The van der Waals surface area contributed by atoms with E-state index in [0.29, 0.717) is 23.5 Å². The smallest absolute Gasteiger partial charge is 0.325 e. The summed E-state index contributed by atoms with van der Waals surface area (Å²) < 4.78 is 16.6. The van der Waals surface area contributed by atoms with Crippen LogP contribution in [0.1, 0.15) is 63.5 Å². The summed E-state index contributed by atoms with van der Waals surface area (Å²) >= 11 is 0. The molecule has 0 aliphatic heterocycles. The van der Waals surface area contributed by atoms with Crippen LogP contribution in [0, 0.1) is 17.3 Å². The maximum Gasteiger partial charge on any atom is 0.325 e. The highest BCUT2D eigenvalue weighted by Gasteiger charge is 2.61. The van der Waals surface area contributed by atoms with Gasteiger partial charge in [0, 0.05) is 19.3 Å². The van der Waals surface area contributed by atoms with Gasteiger partial charge in [-0.1, -0.05) is 13.0 Å². The van der Waals surface area contributed by atoms with Crippen molar-refractivity contribution in [2.75, 3.05) is 6.54 Å². The van der Waals surface area contributed by atoms with Crippen LogP contribution in [0.3, 0.4) is 0 Å². The summed E-state index contributed by atoms with van der Waals surface area (Å²) in [5.41, 5.74) is 7.68. The second-order valence-corrected chi connectivity index (χ2v) is 9.41. The molecule has 0 radical (unpaired) electrons. The lowest BCUT2D eigenvalue weighted by Crippen LogP contribution is -2.46. The number of esters is 3. The number of nitrogens with two attached hydrogens (primary N) is 1. The van der Waals surface area contributed by atoms with E-state index in [0.717, 1.165) is 32.1 Å². The third kappa shape index (κ3) is 3.95. The van der Waals surface area contributed by atoms with Crippen LogP contribution < -0.4 is 10.5 Å². The molecule has 0 heterocycles. The highest BCUT2D eigenvalue weighted by Crippen LogP contribution is 2.62. The Balaban J connectivity index is 1.60. The van der Waals surface area contributed by atoms with Crippen molar-refractivity contribution in [3.63, 3.8) is 0 Å². The Bertz CT molecular complexity index is 898. The van der Waals surface area contributed by atoms with Crippen LogP contribution in [0.25, 0.3) is 0 Å². The molecule has 168 valence electrons. The Morgan fingerprint density at radius 2 is 1.87 bits per heavy atom. The number of hydrogen-bond acceptors (Lipinski definition) is 7. The van der Waals surface area contributed by atoms with Crippen LogP contribution in [-0.4, -0.2) is 36.7 Å². The van der Waals surface area contributed by atoms with Gasteiger partial charge in [-0.15, -0.1) is 0 Å². The van der Waals surface area contributed by atoms with E-state index < -0.39 is 18.2 Å². The van der Waals surface area contributed by atoms with Crippen molar-refractivity contribution in [2.24, 2.45) is 23.0 Å². The second-order valence-electron chi connectivity index (χ2n) is 9.41. The van der Waals surface area contributed by atoms with Gasteiger partial charge in [0.2, 0.25) is 0 Å². The quantitative estimate of drug-likeness (QED) is 0.579. The molecule has 31 heavy (non-hydrogen) atoms. The molecule has 0 bridgehead atoms. The molecule has 2 fully saturated rings. The van der Waals surface area contributed by atoms with Crippen molar-refractivity contribution in [3.8, 4) is 5.75 Å². The number of rotatable bonds is 4. The van der Waals surface area contributed by atoms with Gasteiger partial charge in [-0.3, -0.25) is 14.4 Å². The molecular formula is C24H31NO6. The van der Waals surface area contributed by atoms with Crippen molar-refractivity contribution in [1.29, 1.82) is 0 Å². The fraction of sp³-hybridized carbons (Fsp3) is 0.625. The molecule has 3 aliphatic carbocycles. The predicted molar refractivity (Wildman–Crippen MR) is 112 cm³/mol. The minimum absolute atomic E-state index is 0.144. The van der Waals surface area contributed by atoms with Crippen LogP contribution in [0.2, 0.25) is 0 Å². The van der Waals surface area contributed by atoms with E-state index in [2.05, 4.69) is 13.0 Å². The Morgan fingerprint density at radius 1 is 1.13 bits per heavy atom. The second kappa shape index (κ2) is 8.26. The molecule has 1 aromatic rings. The van der Waals surface area contributed by atoms with Gasteiger partial charge in [-0.05, 0) is 73.1 Å². The first kappa shape index (κ1) is 21.8. The van der Waals surface area contributed by atoms with Gasteiger partial charge < -0.3 is 19.9 Å². The molecule has 0 spiro atoms. The Morgan fingerprint density at radius 3 is 2.55 bits per heavy atom. The van der Waals surface area contributed by atoms with Gasteiger partial charge >= 0.3 is 17.9 Å². The maximum absolute atomic E-state index is 11.8. The fourth-order valence-corrected chi connectivity index (χ4v) is 6.45. The minimum Gasteiger partial charge on any atom is -0.459 e. The lowest BCUT2D eigenvalue weighted by Gasteiger charge is -2.50. The molecule has 0 saturated heterocycles. The number of carbonyl (C=O) groups is 3. The topological polar surface area (TPSA) is 105 Å². The first-order valence-corrected chi connectivity index (χ1v) is 11.1. The maximum atomic E-state index is 11.8. The van der Waals surface area contributed by atoms with Crippen LogP contribution in [0.4, 0.5) is 0 Å². The van der Waals surface area contributed by atoms with Gasteiger partial charge in [0.25, 0.3) is 0 Å². The highest BCUT2D eigenvalue weighted by atomic mass is 16.6. The Hall–Kier alpha value is -2.41. The van der Waals surface area contributed by atoms with E-state index in [1.807, 2.05) is 12.1 Å². The van der Waals surface area contributed by atoms with E-state index in [9.17, 15) is 14.4 Å². The largest absolute Gasteiger partial charge is 0.459 e. The lowest BCUT2D eigenvalue weighted by atomic mass is 9.55. The molecular weight excluding hydrogens is 398 g/mol. The van der Waals surface area contributed by atoms with E-state index in [1.165, 1.54) is 25.0 Å². The number of aryl methyl sites for hydroxylation is 1. The van der Waals surface area contributed by atoms with Gasteiger partial charge in [0.15, 0.2) is 0 Å². The normalized spacial score (nSPS) is 33.5. The zero-order valence-corrected chi connectivity index (χ0v) is 18.4. The Kier molecular flexibility index (Phi) is 5.81. The average molecular weight is 430 g/mol. The molecule has 0 amide bonds. The van der Waals surface area contributed by atoms with E-state index in [1.54, 1.807) is 0 Å². The van der Waals surface area contributed by atoms with Crippen molar-refractivity contribution in [2.45, 2.75) is 71.0 Å².